The molecule has 28 heavy (non-hydrogen) atoms. The Balaban J connectivity index is 1.94. The highest BCUT2D eigenvalue weighted by Crippen LogP contribution is 2.41. The monoisotopic (exact) mass is 415 g/mol. The largest absolute Gasteiger partial charge is 0.247 e. The molecule has 4 aromatic heterocycles. The molecule has 146 valence electrons. The van der Waals surface area contributed by atoms with E-state index in [9.17, 15) is 0 Å². The van der Waals surface area contributed by atoms with Crippen molar-refractivity contribution in [3.8, 4) is 21.3 Å². The summed E-state index contributed by atoms with van der Waals surface area (Å²) in [6, 6.07) is 2.14. The summed E-state index contributed by atoms with van der Waals surface area (Å²) in [5.74, 6) is 1.12. The van der Waals surface area contributed by atoms with Crippen LogP contribution in [0.4, 0.5) is 0 Å². The van der Waals surface area contributed by atoms with E-state index in [4.69, 9.17) is 21.7 Å². The van der Waals surface area contributed by atoms with Crippen molar-refractivity contribution in [2.24, 2.45) is 7.05 Å². The molecule has 0 amide bonds. The van der Waals surface area contributed by atoms with Crippen LogP contribution in [0.2, 0.25) is 5.15 Å². The highest BCUT2D eigenvalue weighted by molar-refractivity contribution is 7.19. The molecule has 4 heterocycles. The first-order valence-electron chi connectivity index (χ1n) is 9.32. The van der Waals surface area contributed by atoms with Crippen LogP contribution in [0.1, 0.15) is 49.7 Å². The van der Waals surface area contributed by atoms with Crippen LogP contribution in [-0.2, 0) is 7.05 Å². The van der Waals surface area contributed by atoms with Crippen LogP contribution in [0.5, 0.6) is 0 Å². The standard InChI is InChI=1S/C19H22ClN7S/c1-6-12(7-2)13-8-10(3)23-17-14(11(4)25-27(13)17)15-16(20)24-19(28-15)18-21-9-22-26(18)5/h8-9,12H,6-7H2,1-5H3. The van der Waals surface area contributed by atoms with Gasteiger partial charge in [0.05, 0.1) is 16.1 Å². The first kappa shape index (κ1) is 19.0. The average Bonchev–Trinajstić information content (AvgIpc) is 3.32. The lowest BCUT2D eigenvalue weighted by Crippen LogP contribution is -2.07. The summed E-state index contributed by atoms with van der Waals surface area (Å²) < 4.78 is 3.67. The lowest BCUT2D eigenvalue weighted by Gasteiger charge is -2.15. The third kappa shape index (κ3) is 3.00. The molecule has 0 spiro atoms. The molecular formula is C19H22ClN7S. The second-order valence-electron chi connectivity index (χ2n) is 6.88. The summed E-state index contributed by atoms with van der Waals surface area (Å²) in [5.41, 5.74) is 4.82. The van der Waals surface area contributed by atoms with Gasteiger partial charge in [0.25, 0.3) is 0 Å². The lowest BCUT2D eigenvalue weighted by atomic mass is 9.98. The molecular weight excluding hydrogens is 394 g/mol. The van der Waals surface area contributed by atoms with Crippen molar-refractivity contribution in [2.75, 3.05) is 0 Å². The van der Waals surface area contributed by atoms with E-state index < -0.39 is 0 Å². The van der Waals surface area contributed by atoms with Gasteiger partial charge in [-0.3, -0.25) is 0 Å². The van der Waals surface area contributed by atoms with Crippen molar-refractivity contribution < 1.29 is 0 Å². The zero-order chi connectivity index (χ0) is 20.0. The summed E-state index contributed by atoms with van der Waals surface area (Å²) in [6.45, 7) is 8.44. The average molecular weight is 416 g/mol. The van der Waals surface area contributed by atoms with E-state index in [1.54, 1.807) is 4.68 Å². The van der Waals surface area contributed by atoms with Crippen molar-refractivity contribution >= 4 is 28.6 Å². The number of aromatic nitrogens is 7. The van der Waals surface area contributed by atoms with Gasteiger partial charge in [0.2, 0.25) is 0 Å². The van der Waals surface area contributed by atoms with Crippen LogP contribution in [0.3, 0.4) is 0 Å². The molecule has 0 aliphatic carbocycles. The maximum absolute atomic E-state index is 6.55. The Bertz CT molecular complexity index is 1150. The normalized spacial score (nSPS) is 11.8. The molecule has 0 aliphatic rings. The zero-order valence-corrected chi connectivity index (χ0v) is 18.1. The van der Waals surface area contributed by atoms with E-state index in [-0.39, 0.29) is 0 Å². The van der Waals surface area contributed by atoms with Gasteiger partial charge in [0.1, 0.15) is 11.5 Å². The first-order chi connectivity index (χ1) is 13.4. The minimum absolute atomic E-state index is 0.433. The molecule has 4 aromatic rings. The molecule has 0 bridgehead atoms. The predicted molar refractivity (Wildman–Crippen MR) is 112 cm³/mol. The molecule has 4 rings (SSSR count). The van der Waals surface area contributed by atoms with Crippen LogP contribution >= 0.6 is 22.9 Å². The summed E-state index contributed by atoms with van der Waals surface area (Å²) in [5, 5.41) is 10.1. The van der Waals surface area contributed by atoms with Crippen molar-refractivity contribution in [1.82, 2.24) is 34.3 Å². The minimum atomic E-state index is 0.433. The molecule has 0 aromatic carbocycles. The van der Waals surface area contributed by atoms with Gasteiger partial charge < -0.3 is 0 Å². The van der Waals surface area contributed by atoms with Gasteiger partial charge in [-0.15, -0.1) is 11.3 Å². The molecule has 9 heteroatoms. The Morgan fingerprint density at radius 2 is 1.93 bits per heavy atom. The fourth-order valence-electron chi connectivity index (χ4n) is 3.58. The molecule has 7 nitrogen and oxygen atoms in total. The van der Waals surface area contributed by atoms with Crippen LogP contribution in [-0.4, -0.2) is 34.3 Å². The van der Waals surface area contributed by atoms with Crippen LogP contribution in [0, 0.1) is 13.8 Å². The van der Waals surface area contributed by atoms with E-state index in [0.29, 0.717) is 16.9 Å². The van der Waals surface area contributed by atoms with E-state index in [1.165, 1.54) is 23.4 Å². The van der Waals surface area contributed by atoms with Gasteiger partial charge in [-0.2, -0.15) is 10.2 Å². The Morgan fingerprint density at radius 1 is 1.18 bits per heavy atom. The lowest BCUT2D eigenvalue weighted by molar-refractivity contribution is 0.598. The maximum Gasteiger partial charge on any atom is 0.187 e. The quantitative estimate of drug-likeness (QED) is 0.467. The fourth-order valence-corrected chi connectivity index (χ4v) is 5.00. The van der Waals surface area contributed by atoms with Gasteiger partial charge >= 0.3 is 0 Å². The number of rotatable bonds is 5. The van der Waals surface area contributed by atoms with Gasteiger partial charge in [0.15, 0.2) is 16.5 Å². The Labute approximate surface area is 172 Å². The summed E-state index contributed by atoms with van der Waals surface area (Å²) in [4.78, 5) is 14.5. The van der Waals surface area contributed by atoms with E-state index in [0.717, 1.165) is 45.3 Å². The van der Waals surface area contributed by atoms with Crippen molar-refractivity contribution in [2.45, 2.75) is 46.5 Å². The highest BCUT2D eigenvalue weighted by Gasteiger charge is 2.24. The third-order valence-corrected chi connectivity index (χ3v) is 6.49. The molecule has 0 atom stereocenters. The molecule has 0 radical (unpaired) electrons. The van der Waals surface area contributed by atoms with E-state index >= 15 is 0 Å². The Kier molecular flexibility index (Phi) is 4.93. The molecule has 0 aliphatic heterocycles. The summed E-state index contributed by atoms with van der Waals surface area (Å²) >= 11 is 8.04. The molecule has 0 fully saturated rings. The van der Waals surface area contributed by atoms with Gasteiger partial charge in [-0.25, -0.2) is 24.1 Å². The Morgan fingerprint density at radius 3 is 2.57 bits per heavy atom. The van der Waals surface area contributed by atoms with E-state index in [1.807, 2.05) is 25.4 Å². The highest BCUT2D eigenvalue weighted by atomic mass is 35.5. The van der Waals surface area contributed by atoms with Crippen LogP contribution in [0.15, 0.2) is 12.4 Å². The minimum Gasteiger partial charge on any atom is -0.247 e. The second kappa shape index (κ2) is 7.25. The third-order valence-electron chi connectivity index (χ3n) is 5.04. The van der Waals surface area contributed by atoms with Crippen molar-refractivity contribution in [1.29, 1.82) is 0 Å². The topological polar surface area (TPSA) is 73.8 Å². The van der Waals surface area contributed by atoms with Crippen LogP contribution in [0.25, 0.3) is 26.9 Å². The predicted octanol–water partition coefficient (Wildman–Crippen LogP) is 4.82. The van der Waals surface area contributed by atoms with Crippen LogP contribution < -0.4 is 0 Å². The number of hydrogen-bond acceptors (Lipinski definition) is 6. The first-order valence-corrected chi connectivity index (χ1v) is 10.5. The molecule has 0 saturated carbocycles. The number of fused-ring (bicyclic) bond motifs is 1. The molecule has 0 saturated heterocycles. The van der Waals surface area contributed by atoms with Gasteiger partial charge in [-0.05, 0) is 32.8 Å². The second-order valence-corrected chi connectivity index (χ2v) is 8.23. The molecule has 0 N–H and O–H groups in total. The smallest absolute Gasteiger partial charge is 0.187 e. The SMILES string of the molecule is CCC(CC)c1cc(C)nc2c(-c3sc(-c4ncnn4C)nc3Cl)c(C)nn12. The van der Waals surface area contributed by atoms with Gasteiger partial charge in [-0.1, -0.05) is 25.4 Å². The Hall–Kier alpha value is -2.32. The number of thiazole rings is 1. The number of nitrogens with zero attached hydrogens (tertiary/aromatic N) is 7. The zero-order valence-electron chi connectivity index (χ0n) is 16.6. The van der Waals surface area contributed by atoms with E-state index in [2.05, 4.69) is 35.0 Å². The van der Waals surface area contributed by atoms with Gasteiger partial charge in [0, 0.05) is 24.4 Å². The van der Waals surface area contributed by atoms with Crippen molar-refractivity contribution in [3.05, 3.63) is 34.6 Å². The summed E-state index contributed by atoms with van der Waals surface area (Å²) in [6.07, 6.45) is 3.62. The van der Waals surface area contributed by atoms with Crippen molar-refractivity contribution in [3.63, 3.8) is 0 Å². The molecule has 0 unspecified atom stereocenters. The fraction of sp³-hybridized carbons (Fsp3) is 0.421. The summed E-state index contributed by atoms with van der Waals surface area (Å²) in [7, 11) is 1.84. The number of hydrogen-bond donors (Lipinski definition) is 0. The number of aryl methyl sites for hydroxylation is 3. The maximum atomic E-state index is 6.55. The number of halogens is 1.